The summed E-state index contributed by atoms with van der Waals surface area (Å²) in [4.78, 5) is 5.50. The van der Waals surface area contributed by atoms with E-state index in [1.807, 2.05) is 18.5 Å². The maximum absolute atomic E-state index is 4.11. The molecule has 0 saturated heterocycles. The number of pyridine rings is 1. The molecule has 0 unspecified atom stereocenters. The molecule has 0 aromatic carbocycles. The van der Waals surface area contributed by atoms with Crippen molar-refractivity contribution >= 4 is 17.0 Å². The lowest BCUT2D eigenvalue weighted by Crippen LogP contribution is -2.00. The van der Waals surface area contributed by atoms with Crippen LogP contribution in [0.4, 0.5) is 5.69 Å². The van der Waals surface area contributed by atoms with E-state index in [-0.39, 0.29) is 0 Å². The molecule has 0 aliphatic rings. The smallest absolute Gasteiger partial charge is 0.0559 e. The van der Waals surface area contributed by atoms with Crippen molar-refractivity contribution in [3.05, 3.63) is 45.9 Å². The molecular formula is C12H14N2S. The highest BCUT2D eigenvalue weighted by Gasteiger charge is 2.00. The van der Waals surface area contributed by atoms with E-state index in [0.717, 1.165) is 12.2 Å². The zero-order valence-electron chi connectivity index (χ0n) is 8.95. The van der Waals surface area contributed by atoms with E-state index in [2.05, 4.69) is 35.6 Å². The normalized spacial score (nSPS) is 10.3. The first-order valence-corrected chi connectivity index (χ1v) is 5.83. The number of nitrogens with one attached hydrogen (secondary N) is 1. The average molecular weight is 218 g/mol. The van der Waals surface area contributed by atoms with Gasteiger partial charge in [-0.05, 0) is 42.5 Å². The maximum atomic E-state index is 4.11. The average Bonchev–Trinajstić information content (AvgIpc) is 2.63. The van der Waals surface area contributed by atoms with Crippen molar-refractivity contribution in [2.45, 2.75) is 20.4 Å². The minimum absolute atomic E-state index is 0.885. The standard InChI is InChI=1S/C12H14N2S/c1-9-3-5-13-7-11(9)14-8-12-10(2)4-6-15-12/h3-7,14H,8H2,1-2H3. The van der Waals surface area contributed by atoms with Gasteiger partial charge in [-0.15, -0.1) is 11.3 Å². The molecule has 0 spiro atoms. The van der Waals surface area contributed by atoms with Crippen LogP contribution in [-0.2, 0) is 6.54 Å². The van der Waals surface area contributed by atoms with Crippen molar-refractivity contribution in [2.24, 2.45) is 0 Å². The van der Waals surface area contributed by atoms with Crippen LogP contribution in [0.2, 0.25) is 0 Å². The third-order valence-electron chi connectivity index (χ3n) is 2.45. The second kappa shape index (κ2) is 4.45. The van der Waals surface area contributed by atoms with Crippen molar-refractivity contribution in [3.63, 3.8) is 0 Å². The van der Waals surface area contributed by atoms with Crippen LogP contribution in [0, 0.1) is 13.8 Å². The van der Waals surface area contributed by atoms with Crippen molar-refractivity contribution in [1.82, 2.24) is 4.98 Å². The Labute approximate surface area is 94.0 Å². The van der Waals surface area contributed by atoms with E-state index >= 15 is 0 Å². The number of aromatic nitrogens is 1. The molecule has 78 valence electrons. The molecule has 2 aromatic heterocycles. The minimum Gasteiger partial charge on any atom is -0.379 e. The minimum atomic E-state index is 0.885. The Kier molecular flexibility index (Phi) is 3.02. The first-order chi connectivity index (χ1) is 7.27. The third-order valence-corrected chi connectivity index (χ3v) is 3.47. The monoisotopic (exact) mass is 218 g/mol. The van der Waals surface area contributed by atoms with Crippen LogP contribution in [0.3, 0.4) is 0 Å². The van der Waals surface area contributed by atoms with Gasteiger partial charge in [0, 0.05) is 17.6 Å². The van der Waals surface area contributed by atoms with E-state index in [0.29, 0.717) is 0 Å². The quantitative estimate of drug-likeness (QED) is 0.854. The first kappa shape index (κ1) is 10.2. The van der Waals surface area contributed by atoms with Gasteiger partial charge in [-0.2, -0.15) is 0 Å². The molecule has 0 bridgehead atoms. The Morgan fingerprint density at radius 2 is 2.13 bits per heavy atom. The lowest BCUT2D eigenvalue weighted by Gasteiger charge is -2.07. The Balaban J connectivity index is 2.06. The lowest BCUT2D eigenvalue weighted by atomic mass is 10.2. The van der Waals surface area contributed by atoms with Crippen molar-refractivity contribution in [1.29, 1.82) is 0 Å². The topological polar surface area (TPSA) is 24.9 Å². The maximum Gasteiger partial charge on any atom is 0.0559 e. The molecule has 0 fully saturated rings. The summed E-state index contributed by atoms with van der Waals surface area (Å²) in [5, 5.41) is 5.53. The van der Waals surface area contributed by atoms with Gasteiger partial charge in [-0.3, -0.25) is 4.98 Å². The molecule has 2 heterocycles. The summed E-state index contributed by atoms with van der Waals surface area (Å²) in [6.07, 6.45) is 3.69. The summed E-state index contributed by atoms with van der Waals surface area (Å²) in [6.45, 7) is 5.12. The van der Waals surface area contributed by atoms with Crippen molar-refractivity contribution < 1.29 is 0 Å². The molecule has 0 amide bonds. The lowest BCUT2D eigenvalue weighted by molar-refractivity contribution is 1.14. The SMILES string of the molecule is Cc1ccncc1NCc1sccc1C. The number of hydrogen-bond donors (Lipinski definition) is 1. The second-order valence-corrected chi connectivity index (χ2v) is 4.57. The largest absolute Gasteiger partial charge is 0.379 e. The van der Waals surface area contributed by atoms with E-state index in [1.165, 1.54) is 16.0 Å². The van der Waals surface area contributed by atoms with Gasteiger partial charge in [0.05, 0.1) is 11.9 Å². The van der Waals surface area contributed by atoms with E-state index in [1.54, 1.807) is 11.3 Å². The van der Waals surface area contributed by atoms with Crippen LogP contribution in [0.1, 0.15) is 16.0 Å². The molecule has 0 radical (unpaired) electrons. The van der Waals surface area contributed by atoms with Gasteiger partial charge in [0.2, 0.25) is 0 Å². The van der Waals surface area contributed by atoms with Gasteiger partial charge >= 0.3 is 0 Å². The molecule has 15 heavy (non-hydrogen) atoms. The van der Waals surface area contributed by atoms with Gasteiger partial charge in [0.15, 0.2) is 0 Å². The molecule has 0 aliphatic carbocycles. The number of aryl methyl sites for hydroxylation is 2. The molecule has 2 nitrogen and oxygen atoms in total. The van der Waals surface area contributed by atoms with Gasteiger partial charge in [-0.25, -0.2) is 0 Å². The van der Waals surface area contributed by atoms with Crippen molar-refractivity contribution in [2.75, 3.05) is 5.32 Å². The van der Waals surface area contributed by atoms with E-state index < -0.39 is 0 Å². The third kappa shape index (κ3) is 2.36. The van der Waals surface area contributed by atoms with Gasteiger partial charge in [-0.1, -0.05) is 0 Å². The fraction of sp³-hybridized carbons (Fsp3) is 0.250. The molecular weight excluding hydrogens is 204 g/mol. The molecule has 2 rings (SSSR count). The molecule has 2 aromatic rings. The fourth-order valence-corrected chi connectivity index (χ4v) is 2.26. The van der Waals surface area contributed by atoms with Gasteiger partial charge in [0.1, 0.15) is 0 Å². The number of hydrogen-bond acceptors (Lipinski definition) is 3. The van der Waals surface area contributed by atoms with E-state index in [4.69, 9.17) is 0 Å². The Morgan fingerprint density at radius 1 is 1.27 bits per heavy atom. The van der Waals surface area contributed by atoms with Gasteiger partial charge in [0.25, 0.3) is 0 Å². The Morgan fingerprint density at radius 3 is 2.80 bits per heavy atom. The van der Waals surface area contributed by atoms with Crippen molar-refractivity contribution in [3.8, 4) is 0 Å². The first-order valence-electron chi connectivity index (χ1n) is 4.95. The molecule has 1 N–H and O–H groups in total. The predicted octanol–water partition coefficient (Wildman–Crippen LogP) is 3.37. The molecule has 0 aliphatic heterocycles. The molecule has 0 saturated carbocycles. The highest BCUT2D eigenvalue weighted by atomic mass is 32.1. The summed E-state index contributed by atoms with van der Waals surface area (Å²) in [5.41, 5.74) is 3.71. The number of rotatable bonds is 3. The number of anilines is 1. The molecule has 0 atom stereocenters. The zero-order valence-corrected chi connectivity index (χ0v) is 9.77. The summed E-state index contributed by atoms with van der Waals surface area (Å²) in [6, 6.07) is 4.17. The summed E-state index contributed by atoms with van der Waals surface area (Å²) in [7, 11) is 0. The van der Waals surface area contributed by atoms with Crippen LogP contribution < -0.4 is 5.32 Å². The predicted molar refractivity (Wildman–Crippen MR) is 65.4 cm³/mol. The Bertz CT molecular complexity index is 448. The number of nitrogens with zero attached hydrogens (tertiary/aromatic N) is 1. The highest BCUT2D eigenvalue weighted by molar-refractivity contribution is 7.10. The van der Waals surface area contributed by atoms with Crippen LogP contribution in [0.25, 0.3) is 0 Å². The van der Waals surface area contributed by atoms with Crippen LogP contribution >= 0.6 is 11.3 Å². The summed E-state index contributed by atoms with van der Waals surface area (Å²) >= 11 is 1.79. The van der Waals surface area contributed by atoms with Crippen LogP contribution in [0.15, 0.2) is 29.9 Å². The van der Waals surface area contributed by atoms with Crippen LogP contribution in [0.5, 0.6) is 0 Å². The second-order valence-electron chi connectivity index (χ2n) is 3.57. The zero-order chi connectivity index (χ0) is 10.7. The molecule has 3 heteroatoms. The van der Waals surface area contributed by atoms with Crippen LogP contribution in [-0.4, -0.2) is 4.98 Å². The fourth-order valence-electron chi connectivity index (χ4n) is 1.41. The Hall–Kier alpha value is -1.35. The van der Waals surface area contributed by atoms with E-state index in [9.17, 15) is 0 Å². The number of thiophene rings is 1. The summed E-state index contributed by atoms with van der Waals surface area (Å²) < 4.78 is 0. The summed E-state index contributed by atoms with van der Waals surface area (Å²) in [5.74, 6) is 0. The highest BCUT2D eigenvalue weighted by Crippen LogP contribution is 2.18. The van der Waals surface area contributed by atoms with Gasteiger partial charge < -0.3 is 5.32 Å².